The Hall–Kier alpha value is -1.97. The van der Waals surface area contributed by atoms with Crippen LogP contribution in [0.4, 0.5) is 4.39 Å². The Kier molecular flexibility index (Phi) is 7.19. The third-order valence-electron chi connectivity index (χ3n) is 3.35. The Morgan fingerprint density at radius 1 is 1.14 bits per heavy atom. The molecular weight excluding hydrogens is 453 g/mol. The van der Waals surface area contributed by atoms with Crippen molar-refractivity contribution < 1.29 is 27.1 Å². The first-order chi connectivity index (χ1) is 13.0. The minimum absolute atomic E-state index is 0.0229. The normalized spacial score (nSPS) is 11.9. The Bertz CT molecular complexity index is 940. The predicted molar refractivity (Wildman–Crippen MR) is 106 cm³/mol. The molecule has 152 valence electrons. The van der Waals surface area contributed by atoms with Gasteiger partial charge in [-0.3, -0.25) is 0 Å². The summed E-state index contributed by atoms with van der Waals surface area (Å²) in [4.78, 5) is 11.7. The van der Waals surface area contributed by atoms with Crippen molar-refractivity contribution in [3.8, 4) is 5.75 Å². The van der Waals surface area contributed by atoms with Gasteiger partial charge in [0.2, 0.25) is 10.0 Å². The maximum absolute atomic E-state index is 12.9. The van der Waals surface area contributed by atoms with E-state index in [1.54, 1.807) is 39.0 Å². The quantitative estimate of drug-likeness (QED) is 0.618. The molecule has 6 nitrogen and oxygen atoms in total. The molecule has 1 N–H and O–H groups in total. The van der Waals surface area contributed by atoms with Gasteiger partial charge in [-0.1, -0.05) is 6.07 Å². The number of carbonyl (C=O) groups excluding carboxylic acids is 1. The number of sulfonamides is 1. The average Bonchev–Trinajstić information content (AvgIpc) is 2.58. The van der Waals surface area contributed by atoms with Crippen LogP contribution in [0.1, 0.15) is 26.3 Å². The van der Waals surface area contributed by atoms with Crippen LogP contribution >= 0.6 is 15.9 Å². The van der Waals surface area contributed by atoms with Crippen molar-refractivity contribution in [3.63, 3.8) is 0 Å². The summed E-state index contributed by atoms with van der Waals surface area (Å²) in [7, 11) is -3.76. The molecule has 9 heteroatoms. The Morgan fingerprint density at radius 2 is 1.79 bits per heavy atom. The van der Waals surface area contributed by atoms with E-state index in [9.17, 15) is 17.6 Å². The second-order valence-corrected chi connectivity index (χ2v) is 9.54. The average molecular weight is 474 g/mol. The lowest BCUT2D eigenvalue weighted by Gasteiger charge is -2.19. The van der Waals surface area contributed by atoms with E-state index in [4.69, 9.17) is 9.47 Å². The summed E-state index contributed by atoms with van der Waals surface area (Å²) in [6.07, 6.45) is 0. The van der Waals surface area contributed by atoms with E-state index >= 15 is 0 Å². The summed E-state index contributed by atoms with van der Waals surface area (Å²) in [6.45, 7) is 5.09. The van der Waals surface area contributed by atoms with Gasteiger partial charge in [0.15, 0.2) is 6.61 Å². The summed E-state index contributed by atoms with van der Waals surface area (Å²) in [5.41, 5.74) is 0.0747. The van der Waals surface area contributed by atoms with Crippen molar-refractivity contribution in [2.75, 3.05) is 6.61 Å². The molecule has 0 bridgehead atoms. The standard InChI is InChI=1S/C19H21BrFNO5S/c1-19(2,3)27-18(23)12-26-17-9-4-13(10-16(17)20)11-22-28(24,25)15-7-5-14(21)6-8-15/h4-10,22H,11-12H2,1-3H3. The zero-order valence-corrected chi connectivity index (χ0v) is 18.1. The molecule has 0 aliphatic carbocycles. The van der Waals surface area contributed by atoms with Crippen molar-refractivity contribution in [3.05, 3.63) is 58.3 Å². The first kappa shape index (κ1) is 22.3. The van der Waals surface area contributed by atoms with Crippen LogP contribution in [0.2, 0.25) is 0 Å². The van der Waals surface area contributed by atoms with Crippen LogP contribution in [0.5, 0.6) is 5.75 Å². The molecule has 0 saturated carbocycles. The van der Waals surface area contributed by atoms with Gasteiger partial charge in [-0.25, -0.2) is 22.3 Å². The molecule has 0 radical (unpaired) electrons. The topological polar surface area (TPSA) is 81.7 Å². The highest BCUT2D eigenvalue weighted by molar-refractivity contribution is 9.10. The van der Waals surface area contributed by atoms with Gasteiger partial charge in [-0.05, 0) is 78.7 Å². The molecule has 0 aliphatic rings. The zero-order chi connectivity index (χ0) is 20.9. The van der Waals surface area contributed by atoms with E-state index in [1.165, 1.54) is 12.1 Å². The molecule has 28 heavy (non-hydrogen) atoms. The van der Waals surface area contributed by atoms with Crippen molar-refractivity contribution in [2.24, 2.45) is 0 Å². The van der Waals surface area contributed by atoms with Crippen molar-refractivity contribution in [1.29, 1.82) is 0 Å². The van der Waals surface area contributed by atoms with Gasteiger partial charge in [-0.15, -0.1) is 0 Å². The number of nitrogens with one attached hydrogen (secondary N) is 1. The molecule has 0 saturated heterocycles. The molecule has 2 aromatic carbocycles. The summed E-state index contributed by atoms with van der Waals surface area (Å²) >= 11 is 3.34. The van der Waals surface area contributed by atoms with Gasteiger partial charge >= 0.3 is 5.97 Å². The monoisotopic (exact) mass is 473 g/mol. The number of ether oxygens (including phenoxy) is 2. The maximum atomic E-state index is 12.9. The third kappa shape index (κ3) is 6.88. The number of rotatable bonds is 7. The van der Waals surface area contributed by atoms with Crippen LogP contribution in [0.25, 0.3) is 0 Å². The number of esters is 1. The molecule has 0 atom stereocenters. The third-order valence-corrected chi connectivity index (χ3v) is 5.39. The van der Waals surface area contributed by atoms with Gasteiger partial charge in [0.25, 0.3) is 0 Å². The van der Waals surface area contributed by atoms with E-state index in [-0.39, 0.29) is 18.0 Å². The molecule has 0 aliphatic heterocycles. The molecule has 2 rings (SSSR count). The fourth-order valence-corrected chi connectivity index (χ4v) is 3.71. The van der Waals surface area contributed by atoms with Crippen LogP contribution in [0.3, 0.4) is 0 Å². The molecule has 0 amide bonds. The summed E-state index contributed by atoms with van der Waals surface area (Å²) in [5, 5.41) is 0. The van der Waals surface area contributed by atoms with Crippen LogP contribution in [0.15, 0.2) is 51.8 Å². The summed E-state index contributed by atoms with van der Waals surface area (Å²) < 4.78 is 51.0. The fourth-order valence-electron chi connectivity index (χ4n) is 2.15. The molecule has 0 spiro atoms. The summed E-state index contributed by atoms with van der Waals surface area (Å²) in [6, 6.07) is 9.53. The molecule has 0 aromatic heterocycles. The number of hydrogen-bond acceptors (Lipinski definition) is 5. The van der Waals surface area contributed by atoms with E-state index in [0.29, 0.717) is 15.8 Å². The lowest BCUT2D eigenvalue weighted by Crippen LogP contribution is -2.27. The van der Waals surface area contributed by atoms with E-state index in [1.807, 2.05) is 0 Å². The van der Waals surface area contributed by atoms with E-state index < -0.39 is 27.4 Å². The van der Waals surface area contributed by atoms with Crippen LogP contribution in [-0.2, 0) is 26.1 Å². The Balaban J connectivity index is 1.96. The van der Waals surface area contributed by atoms with Gasteiger partial charge in [0.1, 0.15) is 17.2 Å². The zero-order valence-electron chi connectivity index (χ0n) is 15.7. The molecule has 0 heterocycles. The fraction of sp³-hybridized carbons (Fsp3) is 0.316. The van der Waals surface area contributed by atoms with E-state index in [0.717, 1.165) is 12.1 Å². The number of benzene rings is 2. The molecule has 0 fully saturated rings. The Labute approximate surface area is 172 Å². The molecule has 0 unspecified atom stereocenters. The minimum atomic E-state index is -3.76. The lowest BCUT2D eigenvalue weighted by atomic mass is 10.2. The molecule has 2 aromatic rings. The maximum Gasteiger partial charge on any atom is 0.344 e. The van der Waals surface area contributed by atoms with Crippen LogP contribution < -0.4 is 9.46 Å². The van der Waals surface area contributed by atoms with Crippen molar-refractivity contribution >= 4 is 31.9 Å². The largest absolute Gasteiger partial charge is 0.481 e. The van der Waals surface area contributed by atoms with E-state index in [2.05, 4.69) is 20.7 Å². The van der Waals surface area contributed by atoms with Crippen molar-refractivity contribution in [2.45, 2.75) is 37.8 Å². The van der Waals surface area contributed by atoms with Crippen LogP contribution in [0, 0.1) is 5.82 Å². The highest BCUT2D eigenvalue weighted by Crippen LogP contribution is 2.26. The van der Waals surface area contributed by atoms with Crippen LogP contribution in [-0.4, -0.2) is 26.6 Å². The Morgan fingerprint density at radius 3 is 2.36 bits per heavy atom. The number of hydrogen-bond donors (Lipinski definition) is 1. The second kappa shape index (κ2) is 9.02. The van der Waals surface area contributed by atoms with Gasteiger partial charge in [0.05, 0.1) is 9.37 Å². The lowest BCUT2D eigenvalue weighted by molar-refractivity contribution is -0.157. The number of carbonyl (C=O) groups is 1. The second-order valence-electron chi connectivity index (χ2n) is 6.92. The SMILES string of the molecule is CC(C)(C)OC(=O)COc1ccc(CNS(=O)(=O)c2ccc(F)cc2)cc1Br. The van der Waals surface area contributed by atoms with Gasteiger partial charge < -0.3 is 9.47 Å². The highest BCUT2D eigenvalue weighted by Gasteiger charge is 2.17. The minimum Gasteiger partial charge on any atom is -0.481 e. The van der Waals surface area contributed by atoms with Crippen molar-refractivity contribution in [1.82, 2.24) is 4.72 Å². The van der Waals surface area contributed by atoms with Gasteiger partial charge in [-0.2, -0.15) is 0 Å². The van der Waals surface area contributed by atoms with Gasteiger partial charge in [0, 0.05) is 6.54 Å². The highest BCUT2D eigenvalue weighted by atomic mass is 79.9. The summed E-state index contributed by atoms with van der Waals surface area (Å²) in [5.74, 6) is -0.573. The predicted octanol–water partition coefficient (Wildman–Crippen LogP) is 3.79. The molecular formula is C19H21BrFNO5S. The number of halogens is 2. The first-order valence-electron chi connectivity index (χ1n) is 8.34. The smallest absolute Gasteiger partial charge is 0.344 e. The first-order valence-corrected chi connectivity index (χ1v) is 10.6.